The molecule has 0 unspecified atom stereocenters. The number of ether oxygens (including phenoxy) is 1. The van der Waals surface area contributed by atoms with Gasteiger partial charge in [0, 0.05) is 29.0 Å². The Morgan fingerprint density at radius 3 is 2.32 bits per heavy atom. The molecule has 2 atom stereocenters. The van der Waals surface area contributed by atoms with Gasteiger partial charge in [-0.05, 0) is 112 Å². The molecule has 37 heavy (non-hydrogen) atoms. The van der Waals surface area contributed by atoms with Crippen molar-refractivity contribution in [2.24, 2.45) is 0 Å². The van der Waals surface area contributed by atoms with Crippen LogP contribution in [0.2, 0.25) is 0 Å². The predicted octanol–water partition coefficient (Wildman–Crippen LogP) is 6.99. The molecule has 2 fully saturated rings. The quantitative estimate of drug-likeness (QED) is 0.284. The first-order chi connectivity index (χ1) is 18.1. The summed E-state index contributed by atoms with van der Waals surface area (Å²) in [6.07, 6.45) is 7.00. The first-order valence-corrected chi connectivity index (χ1v) is 13.5. The standard InChI is InChI=1S/C31H32N4OS/c1-21-20-27(22(2)34(21)23-10-4-3-5-11-23)30-29(28-14-8-9-19-32-28)33-31(37)35(30)24-15-17-26(18-16-24)36-25-12-6-7-13-25/h3-5,8-11,14-20,25,29-30H,6-7,12-13H2,1-2H3,(H,33,37)/t29-,30-/m0/s1. The molecule has 2 aromatic heterocycles. The van der Waals surface area contributed by atoms with Gasteiger partial charge in [-0.2, -0.15) is 0 Å². The summed E-state index contributed by atoms with van der Waals surface area (Å²) < 4.78 is 8.55. The van der Waals surface area contributed by atoms with E-state index in [0.717, 1.165) is 35.7 Å². The number of aryl methyl sites for hydroxylation is 1. The van der Waals surface area contributed by atoms with Crippen LogP contribution in [0.4, 0.5) is 5.69 Å². The molecule has 0 spiro atoms. The number of pyridine rings is 1. The third-order valence-electron chi connectivity index (χ3n) is 7.62. The second-order valence-corrected chi connectivity index (χ2v) is 10.4. The topological polar surface area (TPSA) is 42.3 Å². The van der Waals surface area contributed by atoms with Crippen LogP contribution >= 0.6 is 12.2 Å². The highest BCUT2D eigenvalue weighted by molar-refractivity contribution is 7.80. The van der Waals surface area contributed by atoms with Gasteiger partial charge in [0.05, 0.1) is 23.9 Å². The lowest BCUT2D eigenvalue weighted by Crippen LogP contribution is -2.29. The van der Waals surface area contributed by atoms with Crippen molar-refractivity contribution in [3.63, 3.8) is 0 Å². The Balaban J connectivity index is 1.41. The molecule has 1 N–H and O–H groups in total. The number of nitrogens with zero attached hydrogens (tertiary/aromatic N) is 3. The number of nitrogens with one attached hydrogen (secondary N) is 1. The summed E-state index contributed by atoms with van der Waals surface area (Å²) in [7, 11) is 0. The molecule has 0 radical (unpaired) electrons. The molecule has 2 aromatic carbocycles. The van der Waals surface area contributed by atoms with Crippen molar-refractivity contribution in [1.82, 2.24) is 14.9 Å². The van der Waals surface area contributed by atoms with Crippen LogP contribution < -0.4 is 15.0 Å². The minimum Gasteiger partial charge on any atom is -0.490 e. The van der Waals surface area contributed by atoms with E-state index in [4.69, 9.17) is 21.9 Å². The molecule has 4 aromatic rings. The SMILES string of the molecule is Cc1cc([C@H]2[C@H](c3ccccn3)NC(=S)N2c2ccc(OC3CCCC3)cc2)c(C)n1-c1ccccc1. The first kappa shape index (κ1) is 23.7. The Morgan fingerprint density at radius 2 is 1.62 bits per heavy atom. The minimum absolute atomic E-state index is 0.0485. The van der Waals surface area contributed by atoms with E-state index < -0.39 is 0 Å². The van der Waals surface area contributed by atoms with Crippen molar-refractivity contribution in [1.29, 1.82) is 0 Å². The van der Waals surface area contributed by atoms with Crippen molar-refractivity contribution < 1.29 is 4.74 Å². The Labute approximate surface area is 224 Å². The van der Waals surface area contributed by atoms with E-state index in [1.807, 2.05) is 18.3 Å². The van der Waals surface area contributed by atoms with Crippen molar-refractivity contribution in [2.75, 3.05) is 4.90 Å². The van der Waals surface area contributed by atoms with Crippen molar-refractivity contribution in [3.05, 3.63) is 108 Å². The van der Waals surface area contributed by atoms with Gasteiger partial charge >= 0.3 is 0 Å². The zero-order valence-corrected chi connectivity index (χ0v) is 22.1. The van der Waals surface area contributed by atoms with E-state index in [1.54, 1.807) is 0 Å². The second kappa shape index (κ2) is 10.0. The molecular weight excluding hydrogens is 476 g/mol. The molecule has 2 aliphatic rings. The highest BCUT2D eigenvalue weighted by atomic mass is 32.1. The van der Waals surface area contributed by atoms with E-state index in [1.165, 1.54) is 29.8 Å². The van der Waals surface area contributed by atoms with E-state index >= 15 is 0 Å². The van der Waals surface area contributed by atoms with Crippen LogP contribution in [-0.4, -0.2) is 20.8 Å². The van der Waals surface area contributed by atoms with Gasteiger partial charge in [-0.25, -0.2) is 0 Å². The number of thiocarbonyl (C=S) groups is 1. The van der Waals surface area contributed by atoms with E-state index in [0.29, 0.717) is 11.2 Å². The monoisotopic (exact) mass is 508 g/mol. The van der Waals surface area contributed by atoms with Crippen LogP contribution in [0.1, 0.15) is 60.4 Å². The third-order valence-corrected chi connectivity index (χ3v) is 7.94. The normalized spacial score (nSPS) is 19.8. The number of hydrogen-bond acceptors (Lipinski definition) is 3. The Hall–Kier alpha value is -3.64. The molecule has 188 valence electrons. The summed E-state index contributed by atoms with van der Waals surface area (Å²) in [5.41, 5.74) is 6.80. The van der Waals surface area contributed by atoms with Crippen LogP contribution in [0.15, 0.2) is 85.1 Å². The summed E-state index contributed by atoms with van der Waals surface area (Å²) in [4.78, 5) is 6.95. The third kappa shape index (κ3) is 4.51. The number of anilines is 1. The fourth-order valence-electron chi connectivity index (χ4n) is 5.89. The molecule has 6 heteroatoms. The van der Waals surface area contributed by atoms with Crippen LogP contribution in [0.25, 0.3) is 5.69 Å². The van der Waals surface area contributed by atoms with Crippen LogP contribution in [-0.2, 0) is 0 Å². The maximum Gasteiger partial charge on any atom is 0.174 e. The van der Waals surface area contributed by atoms with Crippen LogP contribution in [0, 0.1) is 13.8 Å². The van der Waals surface area contributed by atoms with Gasteiger partial charge < -0.3 is 19.5 Å². The molecule has 3 heterocycles. The van der Waals surface area contributed by atoms with Gasteiger partial charge in [0.25, 0.3) is 0 Å². The molecule has 1 saturated carbocycles. The van der Waals surface area contributed by atoms with Crippen LogP contribution in [0.3, 0.4) is 0 Å². The summed E-state index contributed by atoms with van der Waals surface area (Å²) >= 11 is 5.95. The summed E-state index contributed by atoms with van der Waals surface area (Å²) in [5.74, 6) is 0.925. The molecule has 1 saturated heterocycles. The number of para-hydroxylation sites is 1. The number of benzene rings is 2. The zero-order chi connectivity index (χ0) is 25.4. The molecule has 0 bridgehead atoms. The molecule has 0 amide bonds. The molecule has 1 aliphatic carbocycles. The molecule has 5 nitrogen and oxygen atoms in total. The maximum atomic E-state index is 6.23. The van der Waals surface area contributed by atoms with Gasteiger partial charge in [-0.1, -0.05) is 24.3 Å². The lowest BCUT2D eigenvalue weighted by atomic mass is 9.96. The van der Waals surface area contributed by atoms with Crippen molar-refractivity contribution in [3.8, 4) is 11.4 Å². The number of aromatic nitrogens is 2. The zero-order valence-electron chi connectivity index (χ0n) is 21.3. The van der Waals surface area contributed by atoms with Crippen molar-refractivity contribution in [2.45, 2.75) is 57.7 Å². The van der Waals surface area contributed by atoms with E-state index in [2.05, 4.69) is 95.4 Å². The van der Waals surface area contributed by atoms with Crippen LogP contribution in [0.5, 0.6) is 5.75 Å². The van der Waals surface area contributed by atoms with Gasteiger partial charge in [0.1, 0.15) is 5.75 Å². The predicted molar refractivity (Wildman–Crippen MR) is 153 cm³/mol. The highest BCUT2D eigenvalue weighted by Gasteiger charge is 2.42. The fraction of sp³-hybridized carbons (Fsp3) is 0.290. The summed E-state index contributed by atoms with van der Waals surface area (Å²) in [5, 5.41) is 4.29. The first-order valence-electron chi connectivity index (χ1n) is 13.1. The minimum atomic E-state index is -0.0761. The fourth-order valence-corrected chi connectivity index (χ4v) is 6.24. The lowest BCUT2D eigenvalue weighted by molar-refractivity contribution is 0.210. The number of hydrogen-bond donors (Lipinski definition) is 1. The van der Waals surface area contributed by atoms with Gasteiger partial charge in [-0.15, -0.1) is 0 Å². The Kier molecular flexibility index (Phi) is 6.43. The highest BCUT2D eigenvalue weighted by Crippen LogP contribution is 2.44. The van der Waals surface area contributed by atoms with E-state index in [-0.39, 0.29) is 12.1 Å². The Bertz CT molecular complexity index is 1380. The molecule has 1 aliphatic heterocycles. The largest absolute Gasteiger partial charge is 0.490 e. The van der Waals surface area contributed by atoms with Gasteiger partial charge in [0.15, 0.2) is 5.11 Å². The summed E-state index contributed by atoms with van der Waals surface area (Å²) in [6.45, 7) is 4.36. The average molecular weight is 509 g/mol. The maximum absolute atomic E-state index is 6.23. The average Bonchev–Trinajstić information content (AvgIpc) is 3.63. The van der Waals surface area contributed by atoms with Gasteiger partial charge in [0.2, 0.25) is 0 Å². The molecule has 6 rings (SSSR count). The van der Waals surface area contributed by atoms with Crippen molar-refractivity contribution >= 4 is 23.0 Å². The molecular formula is C31H32N4OS. The van der Waals surface area contributed by atoms with E-state index in [9.17, 15) is 0 Å². The lowest BCUT2D eigenvalue weighted by Gasteiger charge is -2.28. The number of rotatable bonds is 6. The smallest absolute Gasteiger partial charge is 0.174 e. The summed E-state index contributed by atoms with van der Waals surface area (Å²) in [6, 6.07) is 27.2. The van der Waals surface area contributed by atoms with Gasteiger partial charge in [-0.3, -0.25) is 4.98 Å². The second-order valence-electron chi connectivity index (χ2n) is 10.0. The Morgan fingerprint density at radius 1 is 0.892 bits per heavy atom.